The summed E-state index contributed by atoms with van der Waals surface area (Å²) in [5, 5.41) is 8.75. The Labute approximate surface area is 120 Å². The van der Waals surface area contributed by atoms with Gasteiger partial charge in [0.15, 0.2) is 0 Å². The molecule has 0 saturated heterocycles. The molecule has 102 valence electrons. The van der Waals surface area contributed by atoms with Crippen LogP contribution >= 0.6 is 11.8 Å². The number of thioether (sulfide) groups is 1. The van der Waals surface area contributed by atoms with Crippen molar-refractivity contribution in [3.8, 4) is 11.8 Å². The topological polar surface area (TPSA) is 33.0 Å². The molecule has 0 saturated carbocycles. The Bertz CT molecular complexity index is 640. The van der Waals surface area contributed by atoms with E-state index in [0.29, 0.717) is 28.6 Å². The van der Waals surface area contributed by atoms with Gasteiger partial charge >= 0.3 is 0 Å². The highest BCUT2D eigenvalue weighted by molar-refractivity contribution is 7.99. The number of nitrogens with zero attached hydrogens (tertiary/aromatic N) is 1. The molecule has 0 fully saturated rings. The van der Waals surface area contributed by atoms with Gasteiger partial charge in [-0.2, -0.15) is 5.26 Å². The summed E-state index contributed by atoms with van der Waals surface area (Å²) in [6, 6.07) is 12.3. The van der Waals surface area contributed by atoms with Crippen molar-refractivity contribution in [3.63, 3.8) is 0 Å². The smallest absolute Gasteiger partial charge is 0.139 e. The van der Waals surface area contributed by atoms with Crippen molar-refractivity contribution in [1.82, 2.24) is 0 Å². The number of halogens is 2. The van der Waals surface area contributed by atoms with Crippen LogP contribution in [0.1, 0.15) is 5.56 Å². The summed E-state index contributed by atoms with van der Waals surface area (Å²) in [5.41, 5.74) is 0.528. The van der Waals surface area contributed by atoms with Gasteiger partial charge in [-0.15, -0.1) is 11.8 Å². The Morgan fingerprint density at radius 1 is 1.15 bits per heavy atom. The van der Waals surface area contributed by atoms with Crippen LogP contribution in [-0.2, 0) is 0 Å². The molecular formula is C15H11F2NOS. The number of hydrogen-bond acceptors (Lipinski definition) is 3. The largest absolute Gasteiger partial charge is 0.493 e. The van der Waals surface area contributed by atoms with Gasteiger partial charge in [0.25, 0.3) is 0 Å². The molecule has 0 unspecified atom stereocenters. The molecule has 0 aliphatic heterocycles. The number of rotatable bonds is 5. The zero-order chi connectivity index (χ0) is 14.4. The number of hydrogen-bond donors (Lipinski definition) is 0. The van der Waals surface area contributed by atoms with Gasteiger partial charge in [0.2, 0.25) is 0 Å². The number of ether oxygens (including phenoxy) is 1. The number of nitriles is 1. The molecule has 2 aromatic carbocycles. The minimum Gasteiger partial charge on any atom is -0.493 e. The Kier molecular flexibility index (Phi) is 4.97. The van der Waals surface area contributed by atoms with Crippen LogP contribution in [0.25, 0.3) is 0 Å². The summed E-state index contributed by atoms with van der Waals surface area (Å²) in [6.07, 6.45) is 0. The minimum absolute atomic E-state index is 0.371. The molecule has 0 aliphatic rings. The van der Waals surface area contributed by atoms with E-state index in [4.69, 9.17) is 10.00 Å². The molecule has 0 radical (unpaired) electrons. The molecule has 2 nitrogen and oxygen atoms in total. The standard InChI is InChI=1S/C15H11F2NOS/c16-12-4-5-15(14(17)9-12)20-7-6-19-13-3-1-2-11(8-13)10-18/h1-5,8-9H,6-7H2. The van der Waals surface area contributed by atoms with Gasteiger partial charge in [-0.1, -0.05) is 6.07 Å². The highest BCUT2D eigenvalue weighted by Gasteiger charge is 2.04. The van der Waals surface area contributed by atoms with Crippen molar-refractivity contribution in [1.29, 1.82) is 5.26 Å². The fourth-order valence-corrected chi connectivity index (χ4v) is 2.31. The average molecular weight is 291 g/mol. The second-order valence-corrected chi connectivity index (χ2v) is 5.05. The molecule has 5 heteroatoms. The summed E-state index contributed by atoms with van der Waals surface area (Å²) in [7, 11) is 0. The van der Waals surface area contributed by atoms with Crippen LogP contribution in [0.15, 0.2) is 47.4 Å². The SMILES string of the molecule is N#Cc1cccc(OCCSc2ccc(F)cc2F)c1. The maximum Gasteiger partial charge on any atom is 0.139 e. The van der Waals surface area contributed by atoms with Gasteiger partial charge in [0.05, 0.1) is 18.2 Å². The summed E-state index contributed by atoms with van der Waals surface area (Å²) < 4.78 is 31.6. The normalized spacial score (nSPS) is 10.1. The van der Waals surface area contributed by atoms with Crippen molar-refractivity contribution in [2.45, 2.75) is 4.90 Å². The van der Waals surface area contributed by atoms with E-state index in [1.807, 2.05) is 6.07 Å². The molecular weight excluding hydrogens is 280 g/mol. The van der Waals surface area contributed by atoms with Crippen LogP contribution in [0.2, 0.25) is 0 Å². The molecule has 0 heterocycles. The molecule has 0 amide bonds. The highest BCUT2D eigenvalue weighted by atomic mass is 32.2. The molecule has 0 atom stereocenters. The quantitative estimate of drug-likeness (QED) is 0.616. The maximum absolute atomic E-state index is 13.4. The van der Waals surface area contributed by atoms with E-state index in [2.05, 4.69) is 0 Å². The molecule has 2 aromatic rings. The van der Waals surface area contributed by atoms with Gasteiger partial charge in [-0.05, 0) is 30.3 Å². The lowest BCUT2D eigenvalue weighted by Gasteiger charge is -2.06. The lowest BCUT2D eigenvalue weighted by molar-refractivity contribution is 0.344. The van der Waals surface area contributed by atoms with Crippen molar-refractivity contribution >= 4 is 11.8 Å². The fraction of sp³-hybridized carbons (Fsp3) is 0.133. The van der Waals surface area contributed by atoms with Crippen molar-refractivity contribution in [2.24, 2.45) is 0 Å². The summed E-state index contributed by atoms with van der Waals surface area (Å²) >= 11 is 1.25. The van der Waals surface area contributed by atoms with E-state index in [0.717, 1.165) is 6.07 Å². The van der Waals surface area contributed by atoms with E-state index in [9.17, 15) is 8.78 Å². The summed E-state index contributed by atoms with van der Waals surface area (Å²) in [4.78, 5) is 0.390. The van der Waals surface area contributed by atoms with E-state index < -0.39 is 11.6 Å². The van der Waals surface area contributed by atoms with Gasteiger partial charge in [0, 0.05) is 16.7 Å². The lowest BCUT2D eigenvalue weighted by Crippen LogP contribution is -2.00. The zero-order valence-electron chi connectivity index (χ0n) is 10.5. The summed E-state index contributed by atoms with van der Waals surface area (Å²) in [5.74, 6) is -0.0265. The van der Waals surface area contributed by atoms with Gasteiger partial charge in [-0.25, -0.2) is 8.78 Å². The van der Waals surface area contributed by atoms with Crippen LogP contribution in [-0.4, -0.2) is 12.4 Å². The van der Waals surface area contributed by atoms with E-state index in [-0.39, 0.29) is 0 Å². The Morgan fingerprint density at radius 3 is 2.75 bits per heavy atom. The molecule has 0 aromatic heterocycles. The first-order chi connectivity index (χ1) is 9.69. The lowest BCUT2D eigenvalue weighted by atomic mass is 10.2. The highest BCUT2D eigenvalue weighted by Crippen LogP contribution is 2.22. The van der Waals surface area contributed by atoms with Crippen LogP contribution < -0.4 is 4.74 Å². The Hall–Kier alpha value is -2.06. The predicted octanol–water partition coefficient (Wildman–Crippen LogP) is 4.01. The molecule has 0 N–H and O–H groups in total. The van der Waals surface area contributed by atoms with E-state index >= 15 is 0 Å². The predicted molar refractivity (Wildman–Crippen MR) is 73.7 cm³/mol. The summed E-state index contributed by atoms with van der Waals surface area (Å²) in [6.45, 7) is 0.371. The van der Waals surface area contributed by atoms with E-state index in [1.165, 1.54) is 23.9 Å². The molecule has 0 aliphatic carbocycles. The monoisotopic (exact) mass is 291 g/mol. The van der Waals surface area contributed by atoms with Gasteiger partial charge in [-0.3, -0.25) is 0 Å². The molecule has 0 spiro atoms. The first-order valence-corrected chi connectivity index (χ1v) is 6.88. The number of benzene rings is 2. The van der Waals surface area contributed by atoms with Crippen molar-refractivity contribution < 1.29 is 13.5 Å². The van der Waals surface area contributed by atoms with Gasteiger partial charge < -0.3 is 4.74 Å². The Morgan fingerprint density at radius 2 is 2.00 bits per heavy atom. The maximum atomic E-state index is 13.4. The average Bonchev–Trinajstić information content (AvgIpc) is 2.45. The first-order valence-electron chi connectivity index (χ1n) is 5.90. The van der Waals surface area contributed by atoms with Crippen LogP contribution in [0.4, 0.5) is 8.78 Å². The van der Waals surface area contributed by atoms with Crippen LogP contribution in [0, 0.1) is 23.0 Å². The van der Waals surface area contributed by atoms with Crippen LogP contribution in [0.3, 0.4) is 0 Å². The molecule has 20 heavy (non-hydrogen) atoms. The van der Waals surface area contributed by atoms with Gasteiger partial charge in [0.1, 0.15) is 17.4 Å². The third kappa shape index (κ3) is 3.97. The van der Waals surface area contributed by atoms with Crippen molar-refractivity contribution in [2.75, 3.05) is 12.4 Å². The third-order valence-electron chi connectivity index (χ3n) is 2.47. The third-order valence-corrected chi connectivity index (χ3v) is 3.48. The molecule has 0 bridgehead atoms. The fourth-order valence-electron chi connectivity index (χ4n) is 1.56. The van der Waals surface area contributed by atoms with E-state index in [1.54, 1.807) is 24.3 Å². The first kappa shape index (κ1) is 14.4. The second kappa shape index (κ2) is 6.92. The zero-order valence-corrected chi connectivity index (χ0v) is 11.3. The van der Waals surface area contributed by atoms with Crippen LogP contribution in [0.5, 0.6) is 5.75 Å². The van der Waals surface area contributed by atoms with Crippen molar-refractivity contribution in [3.05, 3.63) is 59.7 Å². The second-order valence-electron chi connectivity index (χ2n) is 3.91. The minimum atomic E-state index is -0.587. The Balaban J connectivity index is 1.83. The molecule has 2 rings (SSSR count).